The number of hydrogen-bond acceptors (Lipinski definition) is 2. The van der Waals surface area contributed by atoms with E-state index in [0.717, 1.165) is 28.2 Å². The largest absolute Gasteiger partial charge is 0.345 e. The minimum atomic E-state index is -0.0377. The summed E-state index contributed by atoms with van der Waals surface area (Å²) in [7, 11) is 0. The Hall–Kier alpha value is -2.00. The molecule has 120 valence electrons. The Balaban J connectivity index is 2.10. The van der Waals surface area contributed by atoms with Gasteiger partial charge < -0.3 is 5.32 Å². The van der Waals surface area contributed by atoms with Crippen molar-refractivity contribution in [2.75, 3.05) is 5.75 Å². The van der Waals surface area contributed by atoms with E-state index in [0.29, 0.717) is 0 Å². The lowest BCUT2D eigenvalue weighted by atomic mass is 10.0. The van der Waals surface area contributed by atoms with E-state index < -0.39 is 0 Å². The van der Waals surface area contributed by atoms with Crippen LogP contribution in [-0.2, 0) is 6.42 Å². The van der Waals surface area contributed by atoms with Crippen LogP contribution in [-0.4, -0.2) is 11.7 Å². The molecule has 0 aromatic heterocycles. The number of rotatable bonds is 7. The van der Waals surface area contributed by atoms with Gasteiger partial charge in [-0.25, -0.2) is 0 Å². The van der Waals surface area contributed by atoms with Crippen LogP contribution in [0.15, 0.2) is 66.1 Å². The summed E-state index contributed by atoms with van der Waals surface area (Å²) >= 11 is 1.62. The highest BCUT2D eigenvalue weighted by Crippen LogP contribution is 2.23. The molecule has 1 N–H and O–H groups in total. The van der Waals surface area contributed by atoms with E-state index in [1.807, 2.05) is 37.3 Å². The van der Waals surface area contributed by atoms with Gasteiger partial charge in [0.2, 0.25) is 0 Å². The average molecular weight is 325 g/mol. The zero-order chi connectivity index (χ0) is 16.7. The maximum absolute atomic E-state index is 12.6. The Kier molecular flexibility index (Phi) is 6.48. The number of carbonyl (C=O) groups is 1. The molecule has 2 rings (SSSR count). The monoisotopic (exact) mass is 325 g/mol. The first-order valence-electron chi connectivity index (χ1n) is 7.88. The van der Waals surface area contributed by atoms with Gasteiger partial charge in [0.15, 0.2) is 0 Å². The molecule has 1 amide bonds. The number of benzene rings is 2. The van der Waals surface area contributed by atoms with Gasteiger partial charge in [-0.15, -0.1) is 18.3 Å². The van der Waals surface area contributed by atoms with Gasteiger partial charge in [0, 0.05) is 10.6 Å². The summed E-state index contributed by atoms with van der Waals surface area (Å²) in [5.41, 5.74) is 3.14. The van der Waals surface area contributed by atoms with Crippen molar-refractivity contribution in [1.82, 2.24) is 5.32 Å². The van der Waals surface area contributed by atoms with E-state index in [2.05, 4.69) is 43.1 Å². The summed E-state index contributed by atoms with van der Waals surface area (Å²) in [6.07, 6.45) is 2.87. The molecule has 0 saturated carbocycles. The summed E-state index contributed by atoms with van der Waals surface area (Å²) in [5.74, 6) is 0.752. The zero-order valence-electron chi connectivity index (χ0n) is 13.7. The van der Waals surface area contributed by atoms with E-state index in [1.54, 1.807) is 11.8 Å². The number of carbonyl (C=O) groups excluding carboxylic acids is 1. The van der Waals surface area contributed by atoms with E-state index in [4.69, 9.17) is 0 Å². The second-order valence-corrected chi connectivity index (χ2v) is 6.45. The van der Waals surface area contributed by atoms with Gasteiger partial charge in [-0.05, 0) is 36.6 Å². The maximum Gasteiger partial charge on any atom is 0.252 e. The molecule has 1 atom stereocenters. The average Bonchev–Trinajstić information content (AvgIpc) is 2.60. The van der Waals surface area contributed by atoms with Crippen LogP contribution in [0.2, 0.25) is 0 Å². The van der Waals surface area contributed by atoms with Crippen molar-refractivity contribution in [2.45, 2.75) is 31.2 Å². The van der Waals surface area contributed by atoms with E-state index in [1.165, 1.54) is 5.56 Å². The molecule has 0 spiro atoms. The lowest BCUT2D eigenvalue weighted by Crippen LogP contribution is -2.27. The molecule has 0 bridgehead atoms. The van der Waals surface area contributed by atoms with Crippen molar-refractivity contribution >= 4 is 17.7 Å². The predicted molar refractivity (Wildman–Crippen MR) is 99.1 cm³/mol. The van der Waals surface area contributed by atoms with Gasteiger partial charge in [0.1, 0.15) is 0 Å². The van der Waals surface area contributed by atoms with Crippen LogP contribution in [0.25, 0.3) is 0 Å². The van der Waals surface area contributed by atoms with Crippen molar-refractivity contribution in [3.8, 4) is 0 Å². The van der Waals surface area contributed by atoms with E-state index in [-0.39, 0.29) is 11.9 Å². The third kappa shape index (κ3) is 4.73. The molecule has 2 nitrogen and oxygen atoms in total. The van der Waals surface area contributed by atoms with Crippen molar-refractivity contribution in [2.24, 2.45) is 0 Å². The van der Waals surface area contributed by atoms with Gasteiger partial charge in [-0.1, -0.05) is 49.4 Å². The van der Waals surface area contributed by atoms with Crippen LogP contribution < -0.4 is 5.32 Å². The summed E-state index contributed by atoms with van der Waals surface area (Å²) in [4.78, 5) is 13.6. The number of aryl methyl sites for hydroxylation is 1. The smallest absolute Gasteiger partial charge is 0.252 e. The number of nitrogens with one attached hydrogen (secondary N) is 1. The minimum absolute atomic E-state index is 0.0223. The minimum Gasteiger partial charge on any atom is -0.345 e. The highest BCUT2D eigenvalue weighted by Gasteiger charge is 2.14. The standard InChI is InChI=1S/C20H23NOS/c1-4-14-23-19-9-7-6-8-18(19)20(22)21-15(3)17-12-10-16(5-2)11-13-17/h4,6-13,15H,1,5,14H2,2-3H3,(H,21,22)/t15-/m0/s1. The number of amides is 1. The normalized spacial score (nSPS) is 11.7. The van der Waals surface area contributed by atoms with Crippen LogP contribution in [0, 0.1) is 0 Å². The van der Waals surface area contributed by atoms with Crippen LogP contribution in [0.4, 0.5) is 0 Å². The van der Waals surface area contributed by atoms with Crippen LogP contribution >= 0.6 is 11.8 Å². The molecule has 0 radical (unpaired) electrons. The quantitative estimate of drug-likeness (QED) is 0.572. The molecule has 0 unspecified atom stereocenters. The van der Waals surface area contributed by atoms with Gasteiger partial charge in [-0.2, -0.15) is 0 Å². The van der Waals surface area contributed by atoms with Crippen LogP contribution in [0.3, 0.4) is 0 Å². The highest BCUT2D eigenvalue weighted by atomic mass is 32.2. The summed E-state index contributed by atoms with van der Waals surface area (Å²) in [6, 6.07) is 16.1. The number of hydrogen-bond donors (Lipinski definition) is 1. The van der Waals surface area contributed by atoms with Gasteiger partial charge >= 0.3 is 0 Å². The van der Waals surface area contributed by atoms with Crippen molar-refractivity contribution in [3.63, 3.8) is 0 Å². The first-order chi connectivity index (χ1) is 11.2. The first kappa shape index (κ1) is 17.4. The topological polar surface area (TPSA) is 29.1 Å². The van der Waals surface area contributed by atoms with Gasteiger partial charge in [-0.3, -0.25) is 4.79 Å². The zero-order valence-corrected chi connectivity index (χ0v) is 14.5. The second kappa shape index (κ2) is 8.59. The van der Waals surface area contributed by atoms with E-state index in [9.17, 15) is 4.79 Å². The predicted octanol–water partition coefficient (Wildman–Crippen LogP) is 5.02. The van der Waals surface area contributed by atoms with Gasteiger partial charge in [0.05, 0.1) is 11.6 Å². The molecular formula is C20H23NOS. The lowest BCUT2D eigenvalue weighted by Gasteiger charge is -2.16. The second-order valence-electron chi connectivity index (χ2n) is 5.39. The molecule has 0 heterocycles. The SMILES string of the molecule is C=CCSc1ccccc1C(=O)N[C@@H](C)c1ccc(CC)cc1. The fraction of sp³-hybridized carbons (Fsp3) is 0.250. The fourth-order valence-corrected chi connectivity index (χ4v) is 3.12. The molecular weight excluding hydrogens is 302 g/mol. The molecule has 0 fully saturated rings. The van der Waals surface area contributed by atoms with Crippen molar-refractivity contribution in [1.29, 1.82) is 0 Å². The van der Waals surface area contributed by atoms with Gasteiger partial charge in [0.25, 0.3) is 5.91 Å². The highest BCUT2D eigenvalue weighted by molar-refractivity contribution is 7.99. The molecule has 0 aliphatic carbocycles. The Morgan fingerprint density at radius 2 is 1.91 bits per heavy atom. The third-order valence-corrected chi connectivity index (χ3v) is 4.79. The molecule has 0 saturated heterocycles. The van der Waals surface area contributed by atoms with Crippen molar-refractivity contribution in [3.05, 3.63) is 77.9 Å². The van der Waals surface area contributed by atoms with E-state index >= 15 is 0 Å². The fourth-order valence-electron chi connectivity index (χ4n) is 2.33. The molecule has 23 heavy (non-hydrogen) atoms. The molecule has 0 aliphatic heterocycles. The maximum atomic E-state index is 12.6. The Labute approximate surface area is 143 Å². The Morgan fingerprint density at radius 3 is 2.57 bits per heavy atom. The van der Waals surface area contributed by atoms with Crippen LogP contribution in [0.5, 0.6) is 0 Å². The first-order valence-corrected chi connectivity index (χ1v) is 8.86. The molecule has 2 aromatic rings. The molecule has 3 heteroatoms. The molecule has 2 aromatic carbocycles. The van der Waals surface area contributed by atoms with Crippen molar-refractivity contribution < 1.29 is 4.79 Å². The summed E-state index contributed by atoms with van der Waals surface area (Å²) in [5, 5.41) is 3.09. The summed E-state index contributed by atoms with van der Waals surface area (Å²) in [6.45, 7) is 7.88. The summed E-state index contributed by atoms with van der Waals surface area (Å²) < 4.78 is 0. The third-order valence-electron chi connectivity index (χ3n) is 3.72. The van der Waals surface area contributed by atoms with Crippen LogP contribution in [0.1, 0.15) is 41.4 Å². The molecule has 0 aliphatic rings. The number of thioether (sulfide) groups is 1. The lowest BCUT2D eigenvalue weighted by molar-refractivity contribution is 0.0937. The Bertz CT molecular complexity index is 664. The Morgan fingerprint density at radius 1 is 1.22 bits per heavy atom.